The first-order chi connectivity index (χ1) is 14.4. The number of carbonyl (C=O) groups excluding carboxylic acids is 2. The summed E-state index contributed by atoms with van der Waals surface area (Å²) in [5.74, 6) is 0.0634. The highest BCUT2D eigenvalue weighted by Gasteiger charge is 2.43. The van der Waals surface area contributed by atoms with Gasteiger partial charge in [-0.1, -0.05) is 30.2 Å². The Hall–Kier alpha value is -2.34. The molecular weight excluding hydrogens is 376 g/mol. The number of likely N-dealkylation sites (N-methyl/N-ethyl adjacent to an activating group) is 1. The lowest BCUT2D eigenvalue weighted by Crippen LogP contribution is -2.45. The van der Waals surface area contributed by atoms with Gasteiger partial charge in [-0.3, -0.25) is 9.69 Å². The molecule has 0 saturated carbocycles. The van der Waals surface area contributed by atoms with Crippen LogP contribution >= 0.6 is 0 Å². The van der Waals surface area contributed by atoms with Crippen LogP contribution in [0.2, 0.25) is 0 Å². The summed E-state index contributed by atoms with van der Waals surface area (Å²) < 4.78 is 0. The van der Waals surface area contributed by atoms with E-state index in [4.69, 9.17) is 0 Å². The van der Waals surface area contributed by atoms with E-state index < -0.39 is 0 Å². The molecule has 0 bridgehead atoms. The lowest BCUT2D eigenvalue weighted by Gasteiger charge is -2.33. The van der Waals surface area contributed by atoms with E-state index in [1.54, 1.807) is 11.9 Å². The van der Waals surface area contributed by atoms with Gasteiger partial charge in [0, 0.05) is 26.2 Å². The number of carbonyl (C=O) groups is 2. The minimum Gasteiger partial charge on any atom is -0.333 e. The van der Waals surface area contributed by atoms with E-state index in [-0.39, 0.29) is 18.0 Å². The molecule has 0 spiro atoms. The maximum Gasteiger partial charge on any atom is 0.322 e. The third kappa shape index (κ3) is 3.85. The molecule has 3 aliphatic rings. The van der Waals surface area contributed by atoms with E-state index in [1.807, 2.05) is 24.0 Å². The van der Waals surface area contributed by atoms with Gasteiger partial charge >= 0.3 is 6.03 Å². The molecule has 6 heteroatoms. The number of hydrogen-bond acceptors (Lipinski definition) is 3. The van der Waals surface area contributed by atoms with Gasteiger partial charge in [-0.15, -0.1) is 0 Å². The molecule has 1 fully saturated rings. The van der Waals surface area contributed by atoms with Crippen molar-refractivity contribution in [3.8, 4) is 0 Å². The van der Waals surface area contributed by atoms with Crippen molar-refractivity contribution >= 4 is 11.9 Å². The predicted molar refractivity (Wildman–Crippen MR) is 118 cm³/mol. The van der Waals surface area contributed by atoms with Crippen molar-refractivity contribution in [2.24, 2.45) is 0 Å². The Morgan fingerprint density at radius 3 is 2.67 bits per heavy atom. The second-order valence-electron chi connectivity index (χ2n) is 9.12. The highest BCUT2D eigenvalue weighted by atomic mass is 16.2. The summed E-state index contributed by atoms with van der Waals surface area (Å²) in [6, 6.07) is 6.32. The maximum atomic E-state index is 13.4. The van der Waals surface area contributed by atoms with Crippen LogP contribution in [0.1, 0.15) is 55.3 Å². The van der Waals surface area contributed by atoms with Gasteiger partial charge in [-0.05, 0) is 57.7 Å². The van der Waals surface area contributed by atoms with E-state index in [2.05, 4.69) is 30.1 Å². The summed E-state index contributed by atoms with van der Waals surface area (Å²) >= 11 is 0. The number of hydrogen-bond donors (Lipinski definition) is 1. The molecule has 1 aromatic carbocycles. The molecule has 0 aromatic heterocycles. The van der Waals surface area contributed by atoms with Crippen molar-refractivity contribution in [1.82, 2.24) is 20.0 Å². The number of nitrogens with zero attached hydrogens (tertiary/aromatic N) is 3. The SMILES string of the molecule is Cc1ccc(C2NC(=O)N(C)C3=C2C(=O)N(CCCN2CCCCC2C)C3)c(C)c1. The smallest absolute Gasteiger partial charge is 0.322 e. The molecular formula is C24H34N4O2. The summed E-state index contributed by atoms with van der Waals surface area (Å²) in [5.41, 5.74) is 4.86. The van der Waals surface area contributed by atoms with Crippen molar-refractivity contribution in [2.45, 2.75) is 58.5 Å². The number of likely N-dealkylation sites (tertiary alicyclic amines) is 1. The minimum atomic E-state index is -0.371. The fraction of sp³-hybridized carbons (Fsp3) is 0.583. The number of aryl methyl sites for hydroxylation is 2. The van der Waals surface area contributed by atoms with Crippen LogP contribution in [0, 0.1) is 13.8 Å². The highest BCUT2D eigenvalue weighted by Crippen LogP contribution is 2.37. The molecule has 4 rings (SSSR count). The van der Waals surface area contributed by atoms with Crippen molar-refractivity contribution in [1.29, 1.82) is 0 Å². The summed E-state index contributed by atoms with van der Waals surface area (Å²) in [5, 5.41) is 3.05. The lowest BCUT2D eigenvalue weighted by molar-refractivity contribution is -0.125. The van der Waals surface area contributed by atoms with Gasteiger partial charge < -0.3 is 15.1 Å². The number of benzene rings is 1. The molecule has 3 amide bonds. The van der Waals surface area contributed by atoms with Crippen molar-refractivity contribution < 1.29 is 9.59 Å². The van der Waals surface area contributed by atoms with Gasteiger partial charge in [0.1, 0.15) is 0 Å². The quantitative estimate of drug-likeness (QED) is 0.810. The third-order valence-corrected chi connectivity index (χ3v) is 6.99. The standard InChI is InChI=1S/C24H34N4O2/c1-16-9-10-19(17(2)14-16)22-21-20(26(4)24(30)25-22)15-28(23(21)29)13-7-12-27-11-6-5-8-18(27)3/h9-10,14,18,22H,5-8,11-13,15H2,1-4H3,(H,25,30). The first kappa shape index (κ1) is 20.9. The Labute approximate surface area is 179 Å². The Morgan fingerprint density at radius 1 is 1.13 bits per heavy atom. The number of nitrogens with one attached hydrogen (secondary N) is 1. The second-order valence-corrected chi connectivity index (χ2v) is 9.12. The molecule has 3 heterocycles. The van der Waals surface area contributed by atoms with E-state index >= 15 is 0 Å². The van der Waals surface area contributed by atoms with Crippen LogP contribution in [0.3, 0.4) is 0 Å². The van der Waals surface area contributed by atoms with E-state index in [0.717, 1.165) is 41.9 Å². The summed E-state index contributed by atoms with van der Waals surface area (Å²) in [7, 11) is 1.76. The molecule has 0 aliphatic carbocycles. The van der Waals surface area contributed by atoms with Gasteiger partial charge in [0.2, 0.25) is 0 Å². The fourth-order valence-electron chi connectivity index (χ4n) is 5.14. The molecule has 0 radical (unpaired) electrons. The van der Waals surface area contributed by atoms with Gasteiger partial charge in [0.25, 0.3) is 5.91 Å². The Morgan fingerprint density at radius 2 is 1.93 bits per heavy atom. The minimum absolute atomic E-state index is 0.0634. The van der Waals surface area contributed by atoms with Crippen molar-refractivity contribution in [3.05, 3.63) is 46.2 Å². The number of rotatable bonds is 5. The zero-order chi connectivity index (χ0) is 21.4. The average molecular weight is 411 g/mol. The van der Waals surface area contributed by atoms with Gasteiger partial charge in [-0.2, -0.15) is 0 Å². The molecule has 2 atom stereocenters. The average Bonchev–Trinajstić information content (AvgIpc) is 3.03. The lowest BCUT2D eigenvalue weighted by atomic mass is 9.91. The molecule has 30 heavy (non-hydrogen) atoms. The summed E-state index contributed by atoms with van der Waals surface area (Å²) in [4.78, 5) is 32.1. The van der Waals surface area contributed by atoms with Crippen LogP contribution in [-0.4, -0.2) is 65.9 Å². The number of piperidine rings is 1. The molecule has 1 saturated heterocycles. The normalized spacial score (nSPS) is 25.1. The van der Waals surface area contributed by atoms with E-state index in [0.29, 0.717) is 12.6 Å². The first-order valence-corrected chi connectivity index (χ1v) is 11.2. The molecule has 3 aliphatic heterocycles. The second kappa shape index (κ2) is 8.42. The van der Waals surface area contributed by atoms with Crippen LogP contribution in [0.4, 0.5) is 4.79 Å². The number of amides is 3. The number of urea groups is 1. The molecule has 1 N–H and O–H groups in total. The van der Waals surface area contributed by atoms with Gasteiger partial charge in [0.15, 0.2) is 0 Å². The molecule has 162 valence electrons. The monoisotopic (exact) mass is 410 g/mol. The Balaban J connectivity index is 1.49. The highest BCUT2D eigenvalue weighted by molar-refractivity contribution is 6.01. The largest absolute Gasteiger partial charge is 0.333 e. The van der Waals surface area contributed by atoms with Crippen LogP contribution < -0.4 is 5.32 Å². The molecule has 6 nitrogen and oxygen atoms in total. The molecule has 1 aromatic rings. The first-order valence-electron chi connectivity index (χ1n) is 11.2. The topological polar surface area (TPSA) is 55.9 Å². The van der Waals surface area contributed by atoms with Crippen LogP contribution in [-0.2, 0) is 4.79 Å². The maximum absolute atomic E-state index is 13.4. The van der Waals surface area contributed by atoms with Gasteiger partial charge in [0.05, 0.1) is 23.9 Å². The summed E-state index contributed by atoms with van der Waals surface area (Å²) in [6.07, 6.45) is 4.84. The predicted octanol–water partition coefficient (Wildman–Crippen LogP) is 3.36. The van der Waals surface area contributed by atoms with E-state index in [9.17, 15) is 9.59 Å². The zero-order valence-corrected chi connectivity index (χ0v) is 18.7. The van der Waals surface area contributed by atoms with E-state index in [1.165, 1.54) is 31.4 Å². The van der Waals surface area contributed by atoms with Crippen molar-refractivity contribution in [3.63, 3.8) is 0 Å². The van der Waals surface area contributed by atoms with Crippen LogP contribution in [0.15, 0.2) is 29.5 Å². The molecule has 2 unspecified atom stereocenters. The Bertz CT molecular complexity index is 878. The van der Waals surface area contributed by atoms with Crippen molar-refractivity contribution in [2.75, 3.05) is 33.2 Å². The Kier molecular flexibility index (Phi) is 5.87. The third-order valence-electron chi connectivity index (χ3n) is 6.99. The van der Waals surface area contributed by atoms with Crippen LogP contribution in [0.5, 0.6) is 0 Å². The van der Waals surface area contributed by atoms with Crippen LogP contribution in [0.25, 0.3) is 0 Å². The summed E-state index contributed by atoms with van der Waals surface area (Å²) in [6.45, 7) is 9.86. The van der Waals surface area contributed by atoms with Gasteiger partial charge in [-0.25, -0.2) is 4.79 Å². The zero-order valence-electron chi connectivity index (χ0n) is 18.7. The fourth-order valence-corrected chi connectivity index (χ4v) is 5.14.